The van der Waals surface area contributed by atoms with E-state index in [4.69, 9.17) is 14.2 Å². The van der Waals surface area contributed by atoms with Gasteiger partial charge in [-0.3, -0.25) is 14.5 Å². The minimum atomic E-state index is -0.336. The molecule has 1 N–H and O–H groups in total. The first kappa shape index (κ1) is 20.8. The molecule has 2 amide bonds. The van der Waals surface area contributed by atoms with Crippen LogP contribution in [0.4, 0.5) is 5.69 Å². The smallest absolute Gasteiger partial charge is 0.278 e. The van der Waals surface area contributed by atoms with E-state index in [2.05, 4.69) is 5.32 Å². The van der Waals surface area contributed by atoms with E-state index >= 15 is 0 Å². The molecule has 2 aromatic carbocycles. The van der Waals surface area contributed by atoms with Crippen LogP contribution in [0.5, 0.6) is 17.2 Å². The molecule has 0 radical (unpaired) electrons. The number of amides is 2. The van der Waals surface area contributed by atoms with Gasteiger partial charge in [-0.05, 0) is 42.7 Å². The number of hydrogen-bond acceptors (Lipinski definition) is 6. The van der Waals surface area contributed by atoms with Gasteiger partial charge in [0.2, 0.25) is 0 Å². The lowest BCUT2D eigenvalue weighted by molar-refractivity contribution is -0.137. The summed E-state index contributed by atoms with van der Waals surface area (Å²) < 4.78 is 16.7. The van der Waals surface area contributed by atoms with E-state index in [1.54, 1.807) is 42.5 Å². The second-order valence-corrected chi connectivity index (χ2v) is 7.81. The molecule has 0 saturated heterocycles. The Labute approximate surface area is 181 Å². The third-order valence-electron chi connectivity index (χ3n) is 4.98. The fourth-order valence-electron chi connectivity index (χ4n) is 3.64. The zero-order valence-electron chi connectivity index (χ0n) is 17.9. The highest BCUT2D eigenvalue weighted by molar-refractivity contribution is 6.36. The minimum absolute atomic E-state index is 0.156. The van der Waals surface area contributed by atoms with Crippen molar-refractivity contribution in [3.05, 3.63) is 53.7 Å². The van der Waals surface area contributed by atoms with Crippen LogP contribution in [-0.2, 0) is 9.59 Å². The Balaban J connectivity index is 1.71. The lowest BCUT2D eigenvalue weighted by Gasteiger charge is -2.20. The quantitative estimate of drug-likeness (QED) is 0.686. The zero-order chi connectivity index (χ0) is 22.0. The summed E-state index contributed by atoms with van der Waals surface area (Å²) >= 11 is 0. The van der Waals surface area contributed by atoms with Crippen molar-refractivity contribution < 1.29 is 23.8 Å². The number of ether oxygens (including phenoxy) is 3. The molecule has 0 saturated carbocycles. The van der Waals surface area contributed by atoms with Gasteiger partial charge in [-0.1, -0.05) is 26.0 Å². The maximum atomic E-state index is 13.2. The van der Waals surface area contributed by atoms with Crippen LogP contribution < -0.4 is 19.5 Å². The number of hydrogen-bond donors (Lipinski definition) is 1. The average Bonchev–Trinajstić information content (AvgIpc) is 2.98. The lowest BCUT2D eigenvalue weighted by Crippen LogP contribution is -2.35. The van der Waals surface area contributed by atoms with Crippen molar-refractivity contribution in [2.75, 3.05) is 31.7 Å². The van der Waals surface area contributed by atoms with Crippen LogP contribution >= 0.6 is 0 Å². The second-order valence-electron chi connectivity index (χ2n) is 7.81. The van der Waals surface area contributed by atoms with Crippen molar-refractivity contribution in [3.63, 3.8) is 0 Å². The number of rotatable bonds is 7. The molecule has 0 aliphatic carbocycles. The zero-order valence-corrected chi connectivity index (χ0v) is 17.9. The van der Waals surface area contributed by atoms with Crippen LogP contribution in [0.25, 0.3) is 5.57 Å². The van der Waals surface area contributed by atoms with Gasteiger partial charge in [-0.15, -0.1) is 0 Å². The summed E-state index contributed by atoms with van der Waals surface area (Å²) in [5, 5.41) is 3.16. The minimum Gasteiger partial charge on any atom is -0.494 e. The Hall–Kier alpha value is -3.48. The molecule has 0 aromatic heterocycles. The molecule has 2 aliphatic rings. The Morgan fingerprint density at radius 3 is 2.39 bits per heavy atom. The summed E-state index contributed by atoms with van der Waals surface area (Å²) in [6.07, 6.45) is 0. The van der Waals surface area contributed by atoms with Crippen molar-refractivity contribution in [3.8, 4) is 17.2 Å². The number of imide groups is 1. The Bertz CT molecular complexity index is 1030. The Morgan fingerprint density at radius 2 is 1.71 bits per heavy atom. The first-order chi connectivity index (χ1) is 15.0. The second kappa shape index (κ2) is 8.71. The van der Waals surface area contributed by atoms with E-state index in [-0.39, 0.29) is 23.4 Å². The highest BCUT2D eigenvalue weighted by Gasteiger charge is 2.39. The molecule has 0 spiro atoms. The molecule has 4 rings (SSSR count). The monoisotopic (exact) mass is 422 g/mol. The highest BCUT2D eigenvalue weighted by atomic mass is 16.6. The number of nitrogens with zero attached hydrogens (tertiary/aromatic N) is 1. The predicted molar refractivity (Wildman–Crippen MR) is 117 cm³/mol. The standard InChI is InChI=1S/C24H26N2O5/c1-4-29-18-8-5-16(6-9-18)21-22(24(28)26(23(21)27)14-15(2)3)25-17-7-10-19-20(13-17)31-12-11-30-19/h5-10,13,15,25H,4,11-12,14H2,1-3H3. The summed E-state index contributed by atoms with van der Waals surface area (Å²) in [6.45, 7) is 7.74. The maximum Gasteiger partial charge on any atom is 0.278 e. The molecule has 0 unspecified atom stereocenters. The van der Waals surface area contributed by atoms with E-state index in [1.165, 1.54) is 4.90 Å². The first-order valence-corrected chi connectivity index (χ1v) is 10.5. The van der Waals surface area contributed by atoms with Crippen LogP contribution in [0.1, 0.15) is 26.3 Å². The molecule has 0 fully saturated rings. The SMILES string of the molecule is CCOc1ccc(C2=C(Nc3ccc4c(c3)OCCO4)C(=O)N(CC(C)C)C2=O)cc1. The summed E-state index contributed by atoms with van der Waals surface area (Å²) in [5.74, 6) is 1.50. The number of anilines is 1. The number of nitrogens with one attached hydrogen (secondary N) is 1. The molecule has 2 aromatic rings. The van der Waals surface area contributed by atoms with E-state index in [0.29, 0.717) is 60.4 Å². The molecule has 7 nitrogen and oxygen atoms in total. The molecule has 0 atom stereocenters. The van der Waals surface area contributed by atoms with E-state index in [9.17, 15) is 9.59 Å². The van der Waals surface area contributed by atoms with Crippen LogP contribution in [0.15, 0.2) is 48.2 Å². The number of carbonyl (C=O) groups excluding carboxylic acids is 2. The van der Waals surface area contributed by atoms with Crippen molar-refractivity contribution in [1.82, 2.24) is 4.90 Å². The van der Waals surface area contributed by atoms with Crippen molar-refractivity contribution in [1.29, 1.82) is 0 Å². The van der Waals surface area contributed by atoms with Gasteiger partial charge in [0, 0.05) is 18.3 Å². The van der Waals surface area contributed by atoms with E-state index < -0.39 is 0 Å². The number of fused-ring (bicyclic) bond motifs is 1. The average molecular weight is 422 g/mol. The summed E-state index contributed by atoms with van der Waals surface area (Å²) in [6, 6.07) is 12.6. The van der Waals surface area contributed by atoms with Gasteiger partial charge in [0.15, 0.2) is 11.5 Å². The largest absolute Gasteiger partial charge is 0.494 e. The van der Waals surface area contributed by atoms with Crippen LogP contribution in [0, 0.1) is 5.92 Å². The fourth-order valence-corrected chi connectivity index (χ4v) is 3.64. The molecule has 31 heavy (non-hydrogen) atoms. The molecule has 2 aliphatic heterocycles. The summed E-state index contributed by atoms with van der Waals surface area (Å²) in [5.41, 5.74) is 1.92. The third-order valence-corrected chi connectivity index (χ3v) is 4.98. The van der Waals surface area contributed by atoms with E-state index in [0.717, 1.165) is 0 Å². The van der Waals surface area contributed by atoms with Crippen LogP contribution in [0.3, 0.4) is 0 Å². The van der Waals surface area contributed by atoms with Crippen LogP contribution in [0.2, 0.25) is 0 Å². The molecular formula is C24H26N2O5. The molecular weight excluding hydrogens is 396 g/mol. The molecule has 2 heterocycles. The van der Waals surface area contributed by atoms with Crippen LogP contribution in [-0.4, -0.2) is 43.1 Å². The van der Waals surface area contributed by atoms with E-state index in [1.807, 2.05) is 20.8 Å². The maximum absolute atomic E-state index is 13.2. The fraction of sp³-hybridized carbons (Fsp3) is 0.333. The van der Waals surface area contributed by atoms with Crippen molar-refractivity contribution in [2.45, 2.75) is 20.8 Å². The van der Waals surface area contributed by atoms with Gasteiger partial charge >= 0.3 is 0 Å². The Kier molecular flexibility index (Phi) is 5.84. The molecule has 0 bridgehead atoms. The van der Waals surface area contributed by atoms with Gasteiger partial charge in [0.05, 0.1) is 12.2 Å². The topological polar surface area (TPSA) is 77.1 Å². The lowest BCUT2D eigenvalue weighted by atomic mass is 10.0. The van der Waals surface area contributed by atoms with Gasteiger partial charge in [0.1, 0.15) is 24.7 Å². The van der Waals surface area contributed by atoms with Gasteiger partial charge in [-0.2, -0.15) is 0 Å². The summed E-state index contributed by atoms with van der Waals surface area (Å²) in [4.78, 5) is 27.7. The van der Waals surface area contributed by atoms with Crippen molar-refractivity contribution in [2.24, 2.45) is 5.92 Å². The van der Waals surface area contributed by atoms with Crippen molar-refractivity contribution >= 4 is 23.1 Å². The number of carbonyl (C=O) groups is 2. The first-order valence-electron chi connectivity index (χ1n) is 10.5. The molecule has 162 valence electrons. The Morgan fingerprint density at radius 1 is 1.00 bits per heavy atom. The van der Waals surface area contributed by atoms with Gasteiger partial charge < -0.3 is 19.5 Å². The molecule has 7 heteroatoms. The third kappa shape index (κ3) is 4.21. The van der Waals surface area contributed by atoms with Gasteiger partial charge in [-0.25, -0.2) is 0 Å². The summed E-state index contributed by atoms with van der Waals surface area (Å²) in [7, 11) is 0. The van der Waals surface area contributed by atoms with Gasteiger partial charge in [0.25, 0.3) is 11.8 Å². The normalized spacial score (nSPS) is 15.7. The highest BCUT2D eigenvalue weighted by Crippen LogP contribution is 2.36. The number of benzene rings is 2. The predicted octanol–water partition coefficient (Wildman–Crippen LogP) is 3.70.